The van der Waals surface area contributed by atoms with Crippen LogP contribution in [0.3, 0.4) is 0 Å². The van der Waals surface area contributed by atoms with E-state index in [2.05, 4.69) is 73.8 Å². The van der Waals surface area contributed by atoms with E-state index in [0.717, 1.165) is 19.6 Å². The summed E-state index contributed by atoms with van der Waals surface area (Å²) < 4.78 is 13.0. The molecule has 6 atom stereocenters. The van der Waals surface area contributed by atoms with Crippen LogP contribution in [0.2, 0.25) is 0 Å². The van der Waals surface area contributed by atoms with E-state index >= 15 is 0 Å². The third-order valence-corrected chi connectivity index (χ3v) is 11.3. The fourth-order valence-electron chi connectivity index (χ4n) is 9.49. The van der Waals surface area contributed by atoms with Crippen molar-refractivity contribution in [3.63, 3.8) is 0 Å². The standard InChI is InChI=1S/C33H39NO2/c1-30(20-35-21-30)34-27-10-9-25-18-26-13-14-31(2)28(24-8-7-22-5-3-4-6-23(22)17-24)11-12-29(31)33(26)16-15-32(25,19-27)36-33/h3-8,13,17-18,27-29,34H,9-12,14-16,19-21H2,1-2H3/t27-,28+,29+,31+,32?,33+/m0/s1. The molecular formula is C33H39NO2. The highest BCUT2D eigenvalue weighted by atomic mass is 16.5. The maximum Gasteiger partial charge on any atom is 0.0974 e. The monoisotopic (exact) mass is 481 g/mol. The van der Waals surface area contributed by atoms with Gasteiger partial charge in [0.25, 0.3) is 0 Å². The first kappa shape index (κ1) is 22.1. The van der Waals surface area contributed by atoms with Crippen molar-refractivity contribution in [2.24, 2.45) is 11.3 Å². The largest absolute Gasteiger partial charge is 0.377 e. The van der Waals surface area contributed by atoms with Gasteiger partial charge in [0.05, 0.1) is 30.0 Å². The highest BCUT2D eigenvalue weighted by Gasteiger charge is 2.66. The molecule has 1 unspecified atom stereocenters. The molecule has 6 aliphatic rings. The zero-order valence-corrected chi connectivity index (χ0v) is 21.8. The minimum absolute atomic E-state index is 0.0481. The molecule has 2 bridgehead atoms. The number of nitrogens with one attached hydrogen (secondary N) is 1. The molecule has 4 fully saturated rings. The number of allylic oxidation sites excluding steroid dienone is 1. The van der Waals surface area contributed by atoms with E-state index in [1.165, 1.54) is 66.9 Å². The minimum atomic E-state index is -0.0759. The quantitative estimate of drug-likeness (QED) is 0.521. The second kappa shape index (κ2) is 7.34. The van der Waals surface area contributed by atoms with Crippen LogP contribution in [0.4, 0.5) is 0 Å². The zero-order valence-electron chi connectivity index (χ0n) is 21.8. The van der Waals surface area contributed by atoms with Gasteiger partial charge in [-0.25, -0.2) is 0 Å². The van der Waals surface area contributed by atoms with Crippen molar-refractivity contribution < 1.29 is 9.47 Å². The Kier molecular flexibility index (Phi) is 4.50. The maximum absolute atomic E-state index is 7.50. The fraction of sp³-hybridized carbons (Fsp3) is 0.576. The van der Waals surface area contributed by atoms with E-state index in [-0.39, 0.29) is 22.2 Å². The first-order chi connectivity index (χ1) is 17.4. The summed E-state index contributed by atoms with van der Waals surface area (Å²) in [6, 6.07) is 16.6. The van der Waals surface area contributed by atoms with Gasteiger partial charge < -0.3 is 14.8 Å². The van der Waals surface area contributed by atoms with E-state index < -0.39 is 0 Å². The van der Waals surface area contributed by atoms with Crippen molar-refractivity contribution in [3.05, 3.63) is 71.3 Å². The minimum Gasteiger partial charge on any atom is -0.377 e. The van der Waals surface area contributed by atoms with Crippen LogP contribution >= 0.6 is 0 Å². The maximum atomic E-state index is 7.50. The molecule has 3 aliphatic carbocycles. The lowest BCUT2D eigenvalue weighted by atomic mass is 9.58. The third kappa shape index (κ3) is 2.91. The molecule has 0 amide bonds. The van der Waals surface area contributed by atoms with Gasteiger partial charge in [0.2, 0.25) is 0 Å². The summed E-state index contributed by atoms with van der Waals surface area (Å²) in [5.74, 6) is 1.20. The molecule has 0 radical (unpaired) electrons. The molecule has 3 heterocycles. The molecule has 2 saturated carbocycles. The Balaban J connectivity index is 1.13. The van der Waals surface area contributed by atoms with Crippen LogP contribution in [0, 0.1) is 11.3 Å². The van der Waals surface area contributed by atoms with Gasteiger partial charge in [-0.05, 0) is 103 Å². The van der Waals surface area contributed by atoms with Gasteiger partial charge in [0.1, 0.15) is 0 Å². The molecule has 188 valence electrons. The van der Waals surface area contributed by atoms with Crippen molar-refractivity contribution in [1.29, 1.82) is 0 Å². The number of hydrogen-bond donors (Lipinski definition) is 1. The second-order valence-corrected chi connectivity index (χ2v) is 13.5. The lowest BCUT2D eigenvalue weighted by molar-refractivity contribution is -0.140. The highest BCUT2D eigenvalue weighted by Crippen LogP contribution is 2.69. The molecule has 0 aromatic heterocycles. The summed E-state index contributed by atoms with van der Waals surface area (Å²) in [7, 11) is 0. The van der Waals surface area contributed by atoms with E-state index in [9.17, 15) is 0 Å². The van der Waals surface area contributed by atoms with Crippen LogP contribution in [0.1, 0.15) is 76.7 Å². The van der Waals surface area contributed by atoms with Gasteiger partial charge in [-0.2, -0.15) is 0 Å². The summed E-state index contributed by atoms with van der Waals surface area (Å²) in [6.07, 6.45) is 14.8. The van der Waals surface area contributed by atoms with Crippen LogP contribution < -0.4 is 5.32 Å². The van der Waals surface area contributed by atoms with E-state index in [0.29, 0.717) is 17.9 Å². The fourth-order valence-corrected chi connectivity index (χ4v) is 9.49. The Morgan fingerprint density at radius 3 is 2.64 bits per heavy atom. The molecule has 2 aromatic rings. The predicted octanol–water partition coefficient (Wildman–Crippen LogP) is 6.83. The lowest BCUT2D eigenvalue weighted by Crippen LogP contribution is -2.63. The first-order valence-corrected chi connectivity index (χ1v) is 14.4. The molecule has 8 rings (SSSR count). The molecule has 2 spiro atoms. The molecule has 3 nitrogen and oxygen atoms in total. The van der Waals surface area contributed by atoms with E-state index in [4.69, 9.17) is 9.47 Å². The van der Waals surface area contributed by atoms with Crippen LogP contribution in [0.5, 0.6) is 0 Å². The summed E-state index contributed by atoms with van der Waals surface area (Å²) in [5.41, 5.74) is 4.93. The van der Waals surface area contributed by atoms with Crippen LogP contribution in [0.25, 0.3) is 10.8 Å². The number of benzene rings is 2. The van der Waals surface area contributed by atoms with E-state index in [1.54, 1.807) is 5.57 Å². The van der Waals surface area contributed by atoms with Gasteiger partial charge in [-0.15, -0.1) is 0 Å². The number of hydrogen-bond acceptors (Lipinski definition) is 3. The molecule has 3 aliphatic heterocycles. The number of fused-ring (bicyclic) bond motifs is 2. The Bertz CT molecular complexity index is 1310. The molecule has 36 heavy (non-hydrogen) atoms. The molecular weight excluding hydrogens is 442 g/mol. The molecule has 2 saturated heterocycles. The van der Waals surface area contributed by atoms with Crippen molar-refractivity contribution >= 4 is 10.8 Å². The van der Waals surface area contributed by atoms with Crippen molar-refractivity contribution in [2.45, 2.75) is 93.9 Å². The van der Waals surface area contributed by atoms with Crippen molar-refractivity contribution in [3.8, 4) is 0 Å². The zero-order chi connectivity index (χ0) is 24.2. The first-order valence-electron chi connectivity index (χ1n) is 14.4. The van der Waals surface area contributed by atoms with Gasteiger partial charge >= 0.3 is 0 Å². The average molecular weight is 482 g/mol. The Labute approximate surface area is 215 Å². The van der Waals surface area contributed by atoms with Gasteiger partial charge in [-0.1, -0.05) is 61.5 Å². The summed E-state index contributed by atoms with van der Waals surface area (Å²) in [6.45, 7) is 6.58. The van der Waals surface area contributed by atoms with Crippen molar-refractivity contribution in [1.82, 2.24) is 5.32 Å². The Morgan fingerprint density at radius 1 is 0.944 bits per heavy atom. The summed E-state index contributed by atoms with van der Waals surface area (Å²) >= 11 is 0. The summed E-state index contributed by atoms with van der Waals surface area (Å²) in [4.78, 5) is 0. The van der Waals surface area contributed by atoms with Crippen molar-refractivity contribution in [2.75, 3.05) is 13.2 Å². The third-order valence-electron chi connectivity index (χ3n) is 11.3. The smallest absolute Gasteiger partial charge is 0.0974 e. The predicted molar refractivity (Wildman–Crippen MR) is 144 cm³/mol. The van der Waals surface area contributed by atoms with Crippen LogP contribution in [-0.2, 0) is 9.47 Å². The summed E-state index contributed by atoms with van der Waals surface area (Å²) in [5, 5.41) is 6.68. The number of rotatable bonds is 3. The van der Waals surface area contributed by atoms with Gasteiger partial charge in [-0.3, -0.25) is 0 Å². The Hall–Kier alpha value is -1.94. The molecule has 1 N–H and O–H groups in total. The topological polar surface area (TPSA) is 30.5 Å². The van der Waals surface area contributed by atoms with Gasteiger partial charge in [0.15, 0.2) is 0 Å². The van der Waals surface area contributed by atoms with Gasteiger partial charge in [0, 0.05) is 6.04 Å². The van der Waals surface area contributed by atoms with Crippen LogP contribution in [0.15, 0.2) is 65.8 Å². The van der Waals surface area contributed by atoms with E-state index in [1.807, 2.05) is 0 Å². The normalized spacial score (nSPS) is 42.1. The lowest BCUT2D eigenvalue weighted by Gasteiger charge is -2.55. The average Bonchev–Trinajstić information content (AvgIpc) is 3.38. The Morgan fingerprint density at radius 2 is 1.81 bits per heavy atom. The second-order valence-electron chi connectivity index (χ2n) is 13.5. The SMILES string of the molecule is CC1(N[C@H]2CCC3=CC4=CC[C@]5(C)[C@@H](c6ccc7ccccc7c6)CC[C@H]5[C@@]45CCC3(C2)O5)COC1. The molecule has 3 heteroatoms. The van der Waals surface area contributed by atoms with Crippen LogP contribution in [-0.4, -0.2) is 36.0 Å². The molecule has 2 aromatic carbocycles. The highest BCUT2D eigenvalue weighted by molar-refractivity contribution is 5.83. The number of ether oxygens (including phenoxy) is 2.